The Labute approximate surface area is 193 Å². The van der Waals surface area contributed by atoms with Crippen molar-refractivity contribution in [2.45, 2.75) is 24.0 Å². The predicted molar refractivity (Wildman–Crippen MR) is 121 cm³/mol. The molecule has 2 amide bonds. The van der Waals surface area contributed by atoms with Crippen molar-refractivity contribution in [2.75, 3.05) is 72.1 Å². The van der Waals surface area contributed by atoms with E-state index in [2.05, 4.69) is 4.90 Å². The third-order valence-corrected chi connectivity index (χ3v) is 9.78. The number of carbonyl (C=O) groups is 2. The number of hydrogen-bond acceptors (Lipinski definition) is 7. The van der Waals surface area contributed by atoms with Gasteiger partial charge in [-0.3, -0.25) is 14.5 Å². The number of piperidine rings is 1. The van der Waals surface area contributed by atoms with Crippen LogP contribution in [0.3, 0.4) is 0 Å². The molecule has 178 valence electrons. The molecule has 1 unspecified atom stereocenters. The molecule has 0 bridgehead atoms. The summed E-state index contributed by atoms with van der Waals surface area (Å²) in [5.41, 5.74) is 0. The van der Waals surface area contributed by atoms with Crippen molar-refractivity contribution >= 4 is 33.2 Å². The summed E-state index contributed by atoms with van der Waals surface area (Å²) in [6.07, 6.45) is 1.38. The second-order valence-corrected chi connectivity index (χ2v) is 12.1. The average molecular weight is 485 g/mol. The summed E-state index contributed by atoms with van der Waals surface area (Å²) in [6, 6.07) is 3.46. The molecule has 0 aliphatic carbocycles. The monoisotopic (exact) mass is 484 g/mol. The fraction of sp³-hybridized carbons (Fsp3) is 0.714. The molecule has 0 radical (unpaired) electrons. The van der Waals surface area contributed by atoms with Crippen molar-refractivity contribution in [1.82, 2.24) is 19.0 Å². The maximum Gasteiger partial charge on any atom is 0.252 e. The first-order valence-corrected chi connectivity index (χ1v) is 13.5. The number of morpholine rings is 1. The lowest BCUT2D eigenvalue weighted by Gasteiger charge is -2.39. The largest absolute Gasteiger partial charge is 0.379 e. The first-order chi connectivity index (χ1) is 15.3. The third-order valence-electron chi connectivity index (χ3n) is 6.45. The molecule has 0 saturated carbocycles. The number of nitrogens with zero attached hydrogens (tertiary/aromatic N) is 4. The molecular formula is C21H32N4O5S2. The van der Waals surface area contributed by atoms with E-state index in [1.165, 1.54) is 15.6 Å². The van der Waals surface area contributed by atoms with Gasteiger partial charge in [-0.15, -0.1) is 11.3 Å². The lowest BCUT2D eigenvalue weighted by atomic mass is 9.97. The molecule has 11 heteroatoms. The third kappa shape index (κ3) is 5.33. The average Bonchev–Trinajstić information content (AvgIpc) is 3.26. The Hall–Kier alpha value is -1.53. The number of amides is 2. The number of hydrogen-bond donors (Lipinski definition) is 0. The van der Waals surface area contributed by atoms with E-state index >= 15 is 0 Å². The molecule has 0 aromatic carbocycles. The van der Waals surface area contributed by atoms with Gasteiger partial charge < -0.3 is 14.5 Å². The molecule has 3 fully saturated rings. The van der Waals surface area contributed by atoms with Crippen LogP contribution in [0.2, 0.25) is 0 Å². The molecular weight excluding hydrogens is 452 g/mol. The van der Waals surface area contributed by atoms with Gasteiger partial charge in [0.05, 0.1) is 25.7 Å². The molecule has 32 heavy (non-hydrogen) atoms. The van der Waals surface area contributed by atoms with Crippen LogP contribution in [0.4, 0.5) is 0 Å². The highest BCUT2D eigenvalue weighted by Crippen LogP contribution is 2.29. The Morgan fingerprint density at radius 1 is 1.03 bits per heavy atom. The van der Waals surface area contributed by atoms with Crippen molar-refractivity contribution in [1.29, 1.82) is 0 Å². The topological polar surface area (TPSA) is 90.5 Å². The van der Waals surface area contributed by atoms with E-state index in [-0.39, 0.29) is 24.3 Å². The van der Waals surface area contributed by atoms with E-state index in [1.807, 2.05) is 17.9 Å². The highest BCUT2D eigenvalue weighted by molar-refractivity contribution is 7.91. The highest BCUT2D eigenvalue weighted by Gasteiger charge is 2.36. The number of sulfonamides is 1. The van der Waals surface area contributed by atoms with Crippen LogP contribution >= 0.6 is 11.3 Å². The van der Waals surface area contributed by atoms with Crippen molar-refractivity contribution < 1.29 is 22.7 Å². The van der Waals surface area contributed by atoms with Gasteiger partial charge in [0.2, 0.25) is 11.8 Å². The minimum absolute atomic E-state index is 0.00698. The van der Waals surface area contributed by atoms with E-state index < -0.39 is 10.0 Å². The maximum absolute atomic E-state index is 13.1. The fourth-order valence-electron chi connectivity index (χ4n) is 4.53. The minimum atomic E-state index is -3.56. The lowest BCUT2D eigenvalue weighted by molar-refractivity contribution is -0.143. The van der Waals surface area contributed by atoms with Crippen LogP contribution < -0.4 is 0 Å². The lowest BCUT2D eigenvalue weighted by Crippen LogP contribution is -2.55. The first kappa shape index (κ1) is 23.6. The molecule has 4 heterocycles. The molecule has 1 atom stereocenters. The van der Waals surface area contributed by atoms with Crippen LogP contribution in [-0.4, -0.2) is 111 Å². The molecule has 3 aliphatic rings. The Kier molecular flexibility index (Phi) is 7.51. The SMILES string of the molecule is Cc1ccc(S(=O)(=O)N2CCCC(C(=O)N3CCN(C(=O)CN4CCOCC4)CC3)C2)s1. The Morgan fingerprint density at radius 3 is 2.38 bits per heavy atom. The molecule has 3 saturated heterocycles. The summed E-state index contributed by atoms with van der Waals surface area (Å²) in [7, 11) is -3.56. The van der Waals surface area contributed by atoms with Crippen molar-refractivity contribution in [2.24, 2.45) is 5.92 Å². The molecule has 4 rings (SSSR count). The van der Waals surface area contributed by atoms with Crippen LogP contribution in [0.1, 0.15) is 17.7 Å². The number of thiophene rings is 1. The van der Waals surface area contributed by atoms with Gasteiger partial charge in [-0.1, -0.05) is 0 Å². The standard InChI is InChI=1S/C21H32N4O5S2/c1-17-4-5-20(31-17)32(28,29)25-6-2-3-18(15-25)21(27)24-9-7-23(8-10-24)19(26)16-22-11-13-30-14-12-22/h4-5,18H,2-3,6-16H2,1H3. The highest BCUT2D eigenvalue weighted by atomic mass is 32.2. The summed E-state index contributed by atoms with van der Waals surface area (Å²) < 4.78 is 33.1. The van der Waals surface area contributed by atoms with Crippen molar-refractivity contribution in [3.8, 4) is 0 Å². The summed E-state index contributed by atoms with van der Waals surface area (Å²) >= 11 is 1.27. The molecule has 3 aliphatic heterocycles. The second-order valence-electron chi connectivity index (χ2n) is 8.66. The Bertz CT molecular complexity index is 920. The Balaban J connectivity index is 1.29. The quantitative estimate of drug-likeness (QED) is 0.603. The van der Waals surface area contributed by atoms with Gasteiger partial charge >= 0.3 is 0 Å². The van der Waals surface area contributed by atoms with Gasteiger partial charge in [-0.2, -0.15) is 4.31 Å². The summed E-state index contributed by atoms with van der Waals surface area (Å²) in [5.74, 6) is -0.220. The van der Waals surface area contributed by atoms with Gasteiger partial charge in [-0.05, 0) is 31.9 Å². The molecule has 1 aromatic heterocycles. The summed E-state index contributed by atoms with van der Waals surface area (Å²) in [4.78, 5) is 32.4. The molecule has 9 nitrogen and oxygen atoms in total. The number of rotatable bonds is 5. The zero-order valence-electron chi connectivity index (χ0n) is 18.6. The molecule has 0 spiro atoms. The van der Waals surface area contributed by atoms with Crippen LogP contribution in [0.15, 0.2) is 16.3 Å². The Morgan fingerprint density at radius 2 is 1.72 bits per heavy atom. The van der Waals surface area contributed by atoms with Crippen LogP contribution in [0.5, 0.6) is 0 Å². The number of carbonyl (C=O) groups excluding carboxylic acids is 2. The van der Waals surface area contributed by atoms with Crippen molar-refractivity contribution in [3.63, 3.8) is 0 Å². The van der Waals surface area contributed by atoms with Gasteiger partial charge in [0.15, 0.2) is 0 Å². The van der Waals surface area contributed by atoms with E-state index in [4.69, 9.17) is 4.74 Å². The van der Waals surface area contributed by atoms with E-state index in [0.29, 0.717) is 69.5 Å². The summed E-state index contributed by atoms with van der Waals surface area (Å²) in [6.45, 7) is 7.89. The van der Waals surface area contributed by atoms with E-state index in [1.54, 1.807) is 11.0 Å². The first-order valence-electron chi connectivity index (χ1n) is 11.3. The number of aryl methyl sites for hydroxylation is 1. The van der Waals surface area contributed by atoms with Gasteiger partial charge in [0, 0.05) is 57.2 Å². The second kappa shape index (κ2) is 10.2. The fourth-order valence-corrected chi connectivity index (χ4v) is 7.49. The van der Waals surface area contributed by atoms with Gasteiger partial charge in [-0.25, -0.2) is 8.42 Å². The minimum Gasteiger partial charge on any atom is -0.379 e. The maximum atomic E-state index is 13.1. The predicted octanol–water partition coefficient (Wildman–Crippen LogP) is 0.460. The van der Waals surface area contributed by atoms with E-state index in [0.717, 1.165) is 18.0 Å². The normalized spacial score (nSPS) is 24.0. The van der Waals surface area contributed by atoms with Crippen LogP contribution in [0, 0.1) is 12.8 Å². The molecule has 1 aromatic rings. The van der Waals surface area contributed by atoms with Gasteiger partial charge in [0.25, 0.3) is 10.0 Å². The van der Waals surface area contributed by atoms with Crippen LogP contribution in [0.25, 0.3) is 0 Å². The van der Waals surface area contributed by atoms with Gasteiger partial charge in [0.1, 0.15) is 4.21 Å². The van der Waals surface area contributed by atoms with E-state index in [9.17, 15) is 18.0 Å². The van der Waals surface area contributed by atoms with Crippen LogP contribution in [-0.2, 0) is 24.3 Å². The zero-order chi connectivity index (χ0) is 22.7. The summed E-state index contributed by atoms with van der Waals surface area (Å²) in [5, 5.41) is 0. The number of ether oxygens (including phenoxy) is 1. The zero-order valence-corrected chi connectivity index (χ0v) is 20.2. The van der Waals surface area contributed by atoms with Crippen molar-refractivity contribution in [3.05, 3.63) is 17.0 Å². The molecule has 0 N–H and O–H groups in total. The number of piperazine rings is 1. The smallest absolute Gasteiger partial charge is 0.252 e.